The standard InChI is InChI=1S/C12H10N4S/c1-7-6-9-10(17-7)11(13)16-12(15-9)8-4-2-3-5-14-8/h2-6H,1H3,(H2,13,15,16). The molecule has 3 aromatic heterocycles. The van der Waals surface area contributed by atoms with E-state index in [1.807, 2.05) is 31.2 Å². The molecule has 0 saturated carbocycles. The molecule has 3 heterocycles. The number of nitrogens with two attached hydrogens (primary N) is 1. The molecule has 0 radical (unpaired) electrons. The first-order valence-corrected chi connectivity index (χ1v) is 6.01. The first-order chi connectivity index (χ1) is 8.24. The smallest absolute Gasteiger partial charge is 0.180 e. The molecular formula is C12H10N4S. The minimum Gasteiger partial charge on any atom is -0.382 e. The minimum absolute atomic E-state index is 0.522. The lowest BCUT2D eigenvalue weighted by molar-refractivity contribution is 1.19. The molecule has 0 amide bonds. The van der Waals surface area contributed by atoms with Crippen LogP contribution in [0.15, 0.2) is 30.5 Å². The quantitative estimate of drug-likeness (QED) is 0.712. The third-order valence-corrected chi connectivity index (χ3v) is 3.48. The third kappa shape index (κ3) is 1.74. The molecule has 0 aromatic carbocycles. The van der Waals surface area contributed by atoms with Crippen molar-refractivity contribution in [1.82, 2.24) is 15.0 Å². The number of fused-ring (bicyclic) bond motifs is 1. The summed E-state index contributed by atoms with van der Waals surface area (Å²) in [5.74, 6) is 1.10. The molecule has 0 bridgehead atoms. The Balaban J connectivity index is 2.25. The van der Waals surface area contributed by atoms with Gasteiger partial charge in [0.15, 0.2) is 5.82 Å². The van der Waals surface area contributed by atoms with Crippen LogP contribution in [0, 0.1) is 6.92 Å². The maximum Gasteiger partial charge on any atom is 0.180 e. The van der Waals surface area contributed by atoms with Crippen molar-refractivity contribution in [2.24, 2.45) is 0 Å². The SMILES string of the molecule is Cc1cc2nc(-c3ccccn3)nc(N)c2s1. The van der Waals surface area contributed by atoms with E-state index in [1.165, 1.54) is 4.88 Å². The number of nitrogen functional groups attached to an aromatic ring is 1. The molecule has 0 aliphatic rings. The Kier molecular flexibility index (Phi) is 2.26. The van der Waals surface area contributed by atoms with Crippen molar-refractivity contribution in [2.75, 3.05) is 5.73 Å². The molecular weight excluding hydrogens is 232 g/mol. The van der Waals surface area contributed by atoms with Gasteiger partial charge in [0, 0.05) is 11.1 Å². The molecule has 84 valence electrons. The van der Waals surface area contributed by atoms with Gasteiger partial charge in [-0.3, -0.25) is 4.98 Å². The summed E-state index contributed by atoms with van der Waals surface area (Å²) in [6.45, 7) is 2.03. The van der Waals surface area contributed by atoms with Gasteiger partial charge in [0.25, 0.3) is 0 Å². The Morgan fingerprint density at radius 3 is 2.88 bits per heavy atom. The Morgan fingerprint density at radius 1 is 1.24 bits per heavy atom. The zero-order valence-corrected chi connectivity index (χ0v) is 10.0. The summed E-state index contributed by atoms with van der Waals surface area (Å²) in [4.78, 5) is 14.2. The van der Waals surface area contributed by atoms with Gasteiger partial charge in [-0.2, -0.15) is 0 Å². The van der Waals surface area contributed by atoms with E-state index in [-0.39, 0.29) is 0 Å². The fourth-order valence-corrected chi connectivity index (χ4v) is 2.53. The second kappa shape index (κ2) is 3.78. The molecule has 0 aliphatic carbocycles. The third-order valence-electron chi connectivity index (χ3n) is 2.42. The van der Waals surface area contributed by atoms with Crippen molar-refractivity contribution >= 4 is 27.4 Å². The summed E-state index contributed by atoms with van der Waals surface area (Å²) in [5, 5.41) is 0. The summed E-state index contributed by atoms with van der Waals surface area (Å²) in [6, 6.07) is 7.66. The van der Waals surface area contributed by atoms with E-state index in [2.05, 4.69) is 15.0 Å². The largest absolute Gasteiger partial charge is 0.382 e. The number of pyridine rings is 1. The van der Waals surface area contributed by atoms with Crippen molar-refractivity contribution in [3.8, 4) is 11.5 Å². The molecule has 0 saturated heterocycles. The summed E-state index contributed by atoms with van der Waals surface area (Å²) >= 11 is 1.61. The van der Waals surface area contributed by atoms with Gasteiger partial charge in [-0.05, 0) is 25.1 Å². The highest BCUT2D eigenvalue weighted by Gasteiger charge is 2.09. The van der Waals surface area contributed by atoms with E-state index in [1.54, 1.807) is 17.5 Å². The maximum absolute atomic E-state index is 5.94. The fraction of sp³-hybridized carbons (Fsp3) is 0.0833. The van der Waals surface area contributed by atoms with Gasteiger partial charge >= 0.3 is 0 Å². The number of thiophene rings is 1. The number of anilines is 1. The van der Waals surface area contributed by atoms with Gasteiger partial charge in [-0.25, -0.2) is 9.97 Å². The molecule has 3 aromatic rings. The number of hydrogen-bond donors (Lipinski definition) is 1. The number of aromatic nitrogens is 3. The minimum atomic E-state index is 0.522. The lowest BCUT2D eigenvalue weighted by Gasteiger charge is -2.01. The lowest BCUT2D eigenvalue weighted by Crippen LogP contribution is -1.96. The second-order valence-electron chi connectivity index (χ2n) is 3.72. The molecule has 0 spiro atoms. The van der Waals surface area contributed by atoms with Crippen LogP contribution in [0.1, 0.15) is 4.88 Å². The van der Waals surface area contributed by atoms with Crippen molar-refractivity contribution in [2.45, 2.75) is 6.92 Å². The van der Waals surface area contributed by atoms with Crippen LogP contribution in [0.3, 0.4) is 0 Å². The highest BCUT2D eigenvalue weighted by molar-refractivity contribution is 7.19. The average Bonchev–Trinajstić information content (AvgIpc) is 2.71. The van der Waals surface area contributed by atoms with Crippen molar-refractivity contribution in [3.05, 3.63) is 35.3 Å². The van der Waals surface area contributed by atoms with Crippen LogP contribution >= 0.6 is 11.3 Å². The van der Waals surface area contributed by atoms with Crippen LogP contribution in [-0.2, 0) is 0 Å². The molecule has 0 aliphatic heterocycles. The number of nitrogens with zero attached hydrogens (tertiary/aromatic N) is 3. The van der Waals surface area contributed by atoms with Crippen LogP contribution < -0.4 is 5.73 Å². The van der Waals surface area contributed by atoms with E-state index >= 15 is 0 Å². The Bertz CT molecular complexity index is 676. The van der Waals surface area contributed by atoms with Gasteiger partial charge < -0.3 is 5.73 Å². The van der Waals surface area contributed by atoms with Gasteiger partial charge in [0.1, 0.15) is 11.5 Å². The fourth-order valence-electron chi connectivity index (χ4n) is 1.68. The Labute approximate surface area is 102 Å². The Hall–Kier alpha value is -2.01. The van der Waals surface area contributed by atoms with E-state index in [4.69, 9.17) is 5.73 Å². The zero-order chi connectivity index (χ0) is 11.8. The van der Waals surface area contributed by atoms with E-state index < -0.39 is 0 Å². The molecule has 0 fully saturated rings. The zero-order valence-electron chi connectivity index (χ0n) is 9.21. The monoisotopic (exact) mass is 242 g/mol. The molecule has 4 nitrogen and oxygen atoms in total. The van der Waals surface area contributed by atoms with Gasteiger partial charge in [-0.15, -0.1) is 11.3 Å². The van der Waals surface area contributed by atoms with Gasteiger partial charge in [-0.1, -0.05) is 6.07 Å². The van der Waals surface area contributed by atoms with E-state index in [9.17, 15) is 0 Å². The predicted octanol–water partition coefficient (Wildman–Crippen LogP) is 2.64. The first kappa shape index (κ1) is 10.2. The Morgan fingerprint density at radius 2 is 2.12 bits per heavy atom. The molecule has 3 rings (SSSR count). The molecule has 2 N–H and O–H groups in total. The van der Waals surface area contributed by atoms with Crippen LogP contribution in [0.5, 0.6) is 0 Å². The second-order valence-corrected chi connectivity index (χ2v) is 4.98. The van der Waals surface area contributed by atoms with Crippen LogP contribution in [0.2, 0.25) is 0 Å². The molecule has 5 heteroatoms. The van der Waals surface area contributed by atoms with Gasteiger partial charge in [0.05, 0.1) is 10.2 Å². The molecule has 0 unspecified atom stereocenters. The van der Waals surface area contributed by atoms with E-state index in [0.29, 0.717) is 11.6 Å². The number of hydrogen-bond acceptors (Lipinski definition) is 5. The predicted molar refractivity (Wildman–Crippen MR) is 69.8 cm³/mol. The van der Waals surface area contributed by atoms with Gasteiger partial charge in [0.2, 0.25) is 0 Å². The highest BCUT2D eigenvalue weighted by Crippen LogP contribution is 2.29. The topological polar surface area (TPSA) is 64.7 Å². The average molecular weight is 242 g/mol. The van der Waals surface area contributed by atoms with Crippen LogP contribution in [0.25, 0.3) is 21.7 Å². The maximum atomic E-state index is 5.94. The van der Waals surface area contributed by atoms with Crippen molar-refractivity contribution < 1.29 is 0 Å². The summed E-state index contributed by atoms with van der Waals surface area (Å²) < 4.78 is 0.946. The van der Waals surface area contributed by atoms with Crippen molar-refractivity contribution in [1.29, 1.82) is 0 Å². The number of rotatable bonds is 1. The highest BCUT2D eigenvalue weighted by atomic mass is 32.1. The molecule has 0 atom stereocenters. The van der Waals surface area contributed by atoms with Crippen LogP contribution in [-0.4, -0.2) is 15.0 Å². The normalized spacial score (nSPS) is 10.9. The lowest BCUT2D eigenvalue weighted by atomic mass is 10.3. The summed E-state index contributed by atoms with van der Waals surface area (Å²) in [5.41, 5.74) is 7.57. The number of aryl methyl sites for hydroxylation is 1. The first-order valence-electron chi connectivity index (χ1n) is 5.19. The van der Waals surface area contributed by atoms with Crippen molar-refractivity contribution in [3.63, 3.8) is 0 Å². The van der Waals surface area contributed by atoms with Crippen LogP contribution in [0.4, 0.5) is 5.82 Å². The summed E-state index contributed by atoms with van der Waals surface area (Å²) in [6.07, 6.45) is 1.72. The van der Waals surface area contributed by atoms with E-state index in [0.717, 1.165) is 15.9 Å². The molecule has 17 heavy (non-hydrogen) atoms. The summed E-state index contributed by atoms with van der Waals surface area (Å²) in [7, 11) is 0.